The second-order valence-corrected chi connectivity index (χ2v) is 8.10. The average Bonchev–Trinajstić information content (AvgIpc) is 2.85. The van der Waals surface area contributed by atoms with Gasteiger partial charge >= 0.3 is 0 Å². The van der Waals surface area contributed by atoms with Gasteiger partial charge in [-0.05, 0) is 36.4 Å². The van der Waals surface area contributed by atoms with Crippen molar-refractivity contribution in [1.29, 1.82) is 0 Å². The second kappa shape index (κ2) is 9.16. The zero-order valence-corrected chi connectivity index (χ0v) is 18.5. The van der Waals surface area contributed by atoms with Crippen LogP contribution in [0.5, 0.6) is 0 Å². The van der Waals surface area contributed by atoms with Gasteiger partial charge in [0.05, 0.1) is 11.2 Å². The van der Waals surface area contributed by atoms with E-state index in [2.05, 4.69) is 32.7 Å². The molecule has 1 fully saturated rings. The molecule has 0 atom stereocenters. The zero-order valence-electron chi connectivity index (χ0n) is 18.5. The van der Waals surface area contributed by atoms with Gasteiger partial charge in [0.1, 0.15) is 0 Å². The summed E-state index contributed by atoms with van der Waals surface area (Å²) in [5, 5.41) is 7.77. The standard InChI is InChI=1S/C26H26N6O/c1-19(33)31-13-15-32(16-14-31)23-11-6-10-22(17-23)29-26-27-18-20-7-5-12-24(25(20)30-26)28-21-8-3-2-4-9-21/h2-12,17-18,28H,13-16H2,1H3,(H,27,29,30). The molecule has 33 heavy (non-hydrogen) atoms. The lowest BCUT2D eigenvalue weighted by molar-refractivity contribution is -0.129. The molecule has 0 aliphatic carbocycles. The number of hydrogen-bond donors (Lipinski definition) is 2. The maximum Gasteiger partial charge on any atom is 0.227 e. The van der Waals surface area contributed by atoms with Crippen molar-refractivity contribution in [3.63, 3.8) is 0 Å². The van der Waals surface area contributed by atoms with Gasteiger partial charge in [0.15, 0.2) is 0 Å². The molecule has 2 heterocycles. The van der Waals surface area contributed by atoms with Gasteiger partial charge in [-0.3, -0.25) is 4.79 Å². The molecule has 3 aromatic carbocycles. The van der Waals surface area contributed by atoms with Gasteiger partial charge in [-0.1, -0.05) is 36.4 Å². The minimum Gasteiger partial charge on any atom is -0.368 e. The maximum atomic E-state index is 11.6. The van der Waals surface area contributed by atoms with Crippen molar-refractivity contribution in [2.75, 3.05) is 41.7 Å². The predicted octanol–water partition coefficient (Wildman–Crippen LogP) is 4.79. The Bertz CT molecular complexity index is 1270. The summed E-state index contributed by atoms with van der Waals surface area (Å²) >= 11 is 0. The fourth-order valence-corrected chi connectivity index (χ4v) is 4.08. The van der Waals surface area contributed by atoms with E-state index < -0.39 is 0 Å². The van der Waals surface area contributed by atoms with Crippen LogP contribution in [-0.4, -0.2) is 47.0 Å². The number of rotatable bonds is 5. The fourth-order valence-electron chi connectivity index (χ4n) is 4.08. The molecule has 0 unspecified atom stereocenters. The SMILES string of the molecule is CC(=O)N1CCN(c2cccc(Nc3ncc4cccc(Nc5ccccc5)c4n3)c2)CC1. The summed E-state index contributed by atoms with van der Waals surface area (Å²) in [7, 11) is 0. The molecule has 1 saturated heterocycles. The third-order valence-corrected chi connectivity index (χ3v) is 5.86. The number of carbonyl (C=O) groups excluding carboxylic acids is 1. The molecule has 7 heteroatoms. The highest BCUT2D eigenvalue weighted by Crippen LogP contribution is 2.27. The number of nitrogens with one attached hydrogen (secondary N) is 2. The van der Waals surface area contributed by atoms with E-state index in [1.54, 1.807) is 6.92 Å². The van der Waals surface area contributed by atoms with Crippen LogP contribution in [0.25, 0.3) is 10.9 Å². The van der Waals surface area contributed by atoms with E-state index in [1.165, 1.54) is 0 Å². The van der Waals surface area contributed by atoms with Gasteiger partial charge in [0.25, 0.3) is 0 Å². The number of para-hydroxylation sites is 2. The Kier molecular flexibility index (Phi) is 5.76. The van der Waals surface area contributed by atoms with E-state index in [0.717, 1.165) is 59.8 Å². The summed E-state index contributed by atoms with van der Waals surface area (Å²) in [6.07, 6.45) is 1.84. The largest absolute Gasteiger partial charge is 0.368 e. The Labute approximate surface area is 193 Å². The van der Waals surface area contributed by atoms with E-state index >= 15 is 0 Å². The summed E-state index contributed by atoms with van der Waals surface area (Å²) in [6.45, 7) is 4.77. The Hall–Kier alpha value is -4.13. The quantitative estimate of drug-likeness (QED) is 0.467. The molecule has 1 aliphatic heterocycles. The molecule has 1 amide bonds. The molecular weight excluding hydrogens is 412 g/mol. The first-order chi connectivity index (χ1) is 16.2. The molecular formula is C26H26N6O. The Morgan fingerprint density at radius 3 is 2.39 bits per heavy atom. The number of benzene rings is 3. The molecule has 166 valence electrons. The smallest absolute Gasteiger partial charge is 0.227 e. The van der Waals surface area contributed by atoms with Crippen LogP contribution in [0.1, 0.15) is 6.92 Å². The van der Waals surface area contributed by atoms with Crippen molar-refractivity contribution in [1.82, 2.24) is 14.9 Å². The van der Waals surface area contributed by atoms with Crippen LogP contribution < -0.4 is 15.5 Å². The summed E-state index contributed by atoms with van der Waals surface area (Å²) in [5.41, 5.74) is 4.84. The van der Waals surface area contributed by atoms with E-state index in [1.807, 2.05) is 71.8 Å². The Morgan fingerprint density at radius 1 is 0.848 bits per heavy atom. The normalized spacial score (nSPS) is 13.7. The summed E-state index contributed by atoms with van der Waals surface area (Å²) < 4.78 is 0. The lowest BCUT2D eigenvalue weighted by atomic mass is 10.2. The molecule has 2 N–H and O–H groups in total. The highest BCUT2D eigenvalue weighted by Gasteiger charge is 2.19. The molecule has 7 nitrogen and oxygen atoms in total. The number of amides is 1. The van der Waals surface area contributed by atoms with Crippen molar-refractivity contribution in [2.45, 2.75) is 6.92 Å². The van der Waals surface area contributed by atoms with E-state index in [9.17, 15) is 4.79 Å². The van der Waals surface area contributed by atoms with Crippen LogP contribution in [0.4, 0.5) is 28.7 Å². The molecule has 1 aromatic heterocycles. The lowest BCUT2D eigenvalue weighted by Crippen LogP contribution is -2.48. The third kappa shape index (κ3) is 4.72. The summed E-state index contributed by atoms with van der Waals surface area (Å²) in [6, 6.07) is 24.3. The predicted molar refractivity (Wildman–Crippen MR) is 133 cm³/mol. The van der Waals surface area contributed by atoms with Gasteiger partial charge in [0, 0.05) is 61.7 Å². The van der Waals surface area contributed by atoms with Gasteiger partial charge in [-0.25, -0.2) is 9.97 Å². The lowest BCUT2D eigenvalue weighted by Gasteiger charge is -2.35. The Balaban J connectivity index is 1.36. The molecule has 1 aliphatic rings. The number of hydrogen-bond acceptors (Lipinski definition) is 6. The van der Waals surface area contributed by atoms with Crippen LogP contribution in [0.3, 0.4) is 0 Å². The number of carbonyl (C=O) groups is 1. The minimum atomic E-state index is 0.139. The van der Waals surface area contributed by atoms with Crippen LogP contribution in [0, 0.1) is 0 Å². The van der Waals surface area contributed by atoms with Crippen molar-refractivity contribution in [2.24, 2.45) is 0 Å². The van der Waals surface area contributed by atoms with Gasteiger partial charge in [-0.2, -0.15) is 0 Å². The van der Waals surface area contributed by atoms with Crippen LogP contribution in [0.15, 0.2) is 79.0 Å². The summed E-state index contributed by atoms with van der Waals surface area (Å²) in [4.78, 5) is 25.1. The molecule has 0 radical (unpaired) electrons. The number of nitrogens with zero attached hydrogens (tertiary/aromatic N) is 4. The van der Waals surface area contributed by atoms with Gasteiger partial charge < -0.3 is 20.4 Å². The monoisotopic (exact) mass is 438 g/mol. The molecule has 4 aromatic rings. The molecule has 5 rings (SSSR count). The first kappa shape index (κ1) is 20.8. The van der Waals surface area contributed by atoms with Crippen molar-refractivity contribution in [3.05, 3.63) is 79.0 Å². The number of fused-ring (bicyclic) bond motifs is 1. The molecule has 0 saturated carbocycles. The van der Waals surface area contributed by atoms with Gasteiger partial charge in [-0.15, -0.1) is 0 Å². The first-order valence-corrected chi connectivity index (χ1v) is 11.1. The highest BCUT2D eigenvalue weighted by molar-refractivity contribution is 5.92. The van der Waals surface area contributed by atoms with Gasteiger partial charge in [0.2, 0.25) is 11.9 Å². The summed E-state index contributed by atoms with van der Waals surface area (Å²) in [5.74, 6) is 0.683. The highest BCUT2D eigenvalue weighted by atomic mass is 16.2. The number of anilines is 5. The first-order valence-electron chi connectivity index (χ1n) is 11.1. The van der Waals surface area contributed by atoms with Crippen molar-refractivity contribution >= 4 is 45.5 Å². The number of piperazine rings is 1. The second-order valence-electron chi connectivity index (χ2n) is 8.10. The zero-order chi connectivity index (χ0) is 22.6. The molecule has 0 spiro atoms. The minimum absolute atomic E-state index is 0.139. The average molecular weight is 439 g/mol. The number of aromatic nitrogens is 2. The Morgan fingerprint density at radius 2 is 1.61 bits per heavy atom. The van der Waals surface area contributed by atoms with E-state index in [-0.39, 0.29) is 5.91 Å². The van der Waals surface area contributed by atoms with Crippen LogP contribution in [-0.2, 0) is 4.79 Å². The third-order valence-electron chi connectivity index (χ3n) is 5.86. The van der Waals surface area contributed by atoms with Crippen LogP contribution >= 0.6 is 0 Å². The van der Waals surface area contributed by atoms with Crippen LogP contribution in [0.2, 0.25) is 0 Å². The van der Waals surface area contributed by atoms with E-state index in [0.29, 0.717) is 5.95 Å². The van der Waals surface area contributed by atoms with Crippen molar-refractivity contribution in [3.8, 4) is 0 Å². The van der Waals surface area contributed by atoms with E-state index in [4.69, 9.17) is 4.98 Å². The maximum absolute atomic E-state index is 11.6. The topological polar surface area (TPSA) is 73.4 Å². The molecule has 0 bridgehead atoms. The fraction of sp³-hybridized carbons (Fsp3) is 0.192. The van der Waals surface area contributed by atoms with Crippen molar-refractivity contribution < 1.29 is 4.79 Å².